The molecule has 3 aromatic rings. The van der Waals surface area contributed by atoms with E-state index in [0.29, 0.717) is 5.92 Å². The van der Waals surface area contributed by atoms with Gasteiger partial charge in [0, 0.05) is 55.6 Å². The molecule has 5 heteroatoms. The molecular weight excluding hydrogens is 300 g/mol. The largest absolute Gasteiger partial charge is 0.370 e. The topological polar surface area (TPSA) is 54.9 Å². The molecule has 2 atom stereocenters. The molecule has 0 radical (unpaired) electrons. The van der Waals surface area contributed by atoms with Crippen LogP contribution in [0.4, 0.5) is 0 Å². The molecule has 1 aromatic carbocycles. The van der Waals surface area contributed by atoms with Gasteiger partial charge >= 0.3 is 0 Å². The van der Waals surface area contributed by atoms with Crippen molar-refractivity contribution in [2.45, 2.75) is 18.9 Å². The number of fused-ring (bicyclic) bond motifs is 1. The Hall–Kier alpha value is -2.11. The second-order valence-corrected chi connectivity index (χ2v) is 6.55. The number of aromatic nitrogens is 3. The summed E-state index contributed by atoms with van der Waals surface area (Å²) in [6, 6.07) is 8.47. The summed E-state index contributed by atoms with van der Waals surface area (Å²) in [5.74, 6) is 1.53. The molecule has 24 heavy (non-hydrogen) atoms. The SMILES string of the molecule is Cn1ccnc1[C@@H]1OCC[C@H]1CNCCc1c[nH]c2ccccc12. The van der Waals surface area contributed by atoms with E-state index >= 15 is 0 Å². The molecule has 1 saturated heterocycles. The van der Waals surface area contributed by atoms with E-state index in [1.165, 1.54) is 16.5 Å². The molecule has 1 aliphatic rings. The fraction of sp³-hybridized carbons (Fsp3) is 0.421. The molecule has 2 aromatic heterocycles. The van der Waals surface area contributed by atoms with Gasteiger partial charge in [-0.05, 0) is 31.0 Å². The summed E-state index contributed by atoms with van der Waals surface area (Å²) in [6.45, 7) is 2.78. The van der Waals surface area contributed by atoms with Gasteiger partial charge < -0.3 is 19.6 Å². The van der Waals surface area contributed by atoms with Crippen molar-refractivity contribution >= 4 is 10.9 Å². The molecule has 4 rings (SSSR count). The summed E-state index contributed by atoms with van der Waals surface area (Å²) in [7, 11) is 2.03. The fourth-order valence-electron chi connectivity index (χ4n) is 3.63. The molecule has 0 saturated carbocycles. The van der Waals surface area contributed by atoms with E-state index in [2.05, 4.69) is 50.3 Å². The molecule has 1 aliphatic heterocycles. The number of benzene rings is 1. The zero-order valence-corrected chi connectivity index (χ0v) is 14.0. The van der Waals surface area contributed by atoms with Crippen molar-refractivity contribution in [2.24, 2.45) is 13.0 Å². The Kier molecular flexibility index (Phi) is 4.36. The monoisotopic (exact) mass is 324 g/mol. The number of aryl methyl sites for hydroxylation is 1. The van der Waals surface area contributed by atoms with Gasteiger partial charge in [0.1, 0.15) is 11.9 Å². The molecule has 0 bridgehead atoms. The van der Waals surface area contributed by atoms with Crippen LogP contribution < -0.4 is 5.32 Å². The average Bonchev–Trinajstić information content (AvgIpc) is 3.31. The van der Waals surface area contributed by atoms with Crippen molar-refractivity contribution in [1.29, 1.82) is 0 Å². The van der Waals surface area contributed by atoms with Gasteiger partial charge in [0.25, 0.3) is 0 Å². The first-order valence-electron chi connectivity index (χ1n) is 8.67. The smallest absolute Gasteiger partial charge is 0.137 e. The van der Waals surface area contributed by atoms with Gasteiger partial charge in [-0.1, -0.05) is 18.2 Å². The summed E-state index contributed by atoms with van der Waals surface area (Å²) < 4.78 is 7.99. The second-order valence-electron chi connectivity index (χ2n) is 6.55. The number of rotatable bonds is 6. The maximum Gasteiger partial charge on any atom is 0.137 e. The van der Waals surface area contributed by atoms with E-state index in [1.807, 2.05) is 19.4 Å². The Morgan fingerprint density at radius 1 is 1.38 bits per heavy atom. The maximum atomic E-state index is 5.92. The lowest BCUT2D eigenvalue weighted by molar-refractivity contribution is 0.0812. The van der Waals surface area contributed by atoms with Crippen LogP contribution in [0.2, 0.25) is 0 Å². The Morgan fingerprint density at radius 2 is 2.29 bits per heavy atom. The van der Waals surface area contributed by atoms with Crippen LogP contribution in [-0.2, 0) is 18.2 Å². The second kappa shape index (κ2) is 6.79. The molecule has 5 nitrogen and oxygen atoms in total. The van der Waals surface area contributed by atoms with Gasteiger partial charge in [0.15, 0.2) is 0 Å². The van der Waals surface area contributed by atoms with Crippen molar-refractivity contribution < 1.29 is 4.74 Å². The van der Waals surface area contributed by atoms with Gasteiger partial charge in [-0.25, -0.2) is 4.98 Å². The number of H-pyrrole nitrogens is 1. The van der Waals surface area contributed by atoms with E-state index in [1.54, 1.807) is 0 Å². The number of aromatic amines is 1. The molecule has 0 aliphatic carbocycles. The highest BCUT2D eigenvalue weighted by molar-refractivity contribution is 5.83. The van der Waals surface area contributed by atoms with E-state index in [4.69, 9.17) is 4.74 Å². The summed E-state index contributed by atoms with van der Waals surface area (Å²) in [6.07, 6.45) is 8.20. The Morgan fingerprint density at radius 3 is 3.17 bits per heavy atom. The number of hydrogen-bond donors (Lipinski definition) is 2. The zero-order valence-electron chi connectivity index (χ0n) is 14.0. The minimum atomic E-state index is 0.116. The highest BCUT2D eigenvalue weighted by Gasteiger charge is 2.31. The number of ether oxygens (including phenoxy) is 1. The van der Waals surface area contributed by atoms with Crippen molar-refractivity contribution in [2.75, 3.05) is 19.7 Å². The lowest BCUT2D eigenvalue weighted by Crippen LogP contribution is -2.27. The highest BCUT2D eigenvalue weighted by Crippen LogP contribution is 2.32. The first kappa shape index (κ1) is 15.4. The molecule has 1 fully saturated rings. The number of nitrogens with zero attached hydrogens (tertiary/aromatic N) is 2. The lowest BCUT2D eigenvalue weighted by atomic mass is 10.0. The fourth-order valence-corrected chi connectivity index (χ4v) is 3.63. The third-order valence-electron chi connectivity index (χ3n) is 4.98. The Bertz CT molecular complexity index is 806. The molecule has 0 unspecified atom stereocenters. The standard InChI is InChI=1S/C19H24N4O/c1-23-10-9-21-19(23)18-15(7-11-24-18)12-20-8-6-14-13-22-17-5-3-2-4-16(14)17/h2-5,9-10,13,15,18,20,22H,6-8,11-12H2,1H3/t15-,18+/m0/s1. The number of nitrogens with one attached hydrogen (secondary N) is 2. The van der Waals surface area contributed by atoms with Gasteiger partial charge in [0.2, 0.25) is 0 Å². The molecule has 0 spiro atoms. The van der Waals surface area contributed by atoms with Crippen molar-refractivity contribution in [3.63, 3.8) is 0 Å². The van der Waals surface area contributed by atoms with Crippen LogP contribution in [-0.4, -0.2) is 34.2 Å². The minimum Gasteiger partial charge on any atom is -0.370 e. The summed E-state index contributed by atoms with van der Waals surface area (Å²) in [5, 5.41) is 4.94. The minimum absolute atomic E-state index is 0.116. The van der Waals surface area contributed by atoms with Crippen LogP contribution in [0.3, 0.4) is 0 Å². The Balaban J connectivity index is 1.32. The third kappa shape index (κ3) is 2.97. The summed E-state index contributed by atoms with van der Waals surface area (Å²) in [5.41, 5.74) is 2.59. The van der Waals surface area contributed by atoms with Gasteiger partial charge in [-0.15, -0.1) is 0 Å². The van der Waals surface area contributed by atoms with Crippen molar-refractivity contribution in [3.8, 4) is 0 Å². The highest BCUT2D eigenvalue weighted by atomic mass is 16.5. The van der Waals surface area contributed by atoms with Crippen molar-refractivity contribution in [1.82, 2.24) is 19.9 Å². The van der Waals surface area contributed by atoms with E-state index < -0.39 is 0 Å². The normalized spacial score (nSPS) is 20.9. The first-order chi connectivity index (χ1) is 11.8. The molecule has 3 heterocycles. The predicted molar refractivity (Wildman–Crippen MR) is 94.9 cm³/mol. The number of imidazole rings is 1. The molecule has 0 amide bonds. The van der Waals surface area contributed by atoms with Gasteiger partial charge in [0.05, 0.1) is 0 Å². The van der Waals surface area contributed by atoms with E-state index in [-0.39, 0.29) is 6.10 Å². The molecule has 126 valence electrons. The van der Waals surface area contributed by atoms with Crippen LogP contribution >= 0.6 is 0 Å². The quantitative estimate of drug-likeness (QED) is 0.686. The third-order valence-corrected chi connectivity index (χ3v) is 4.98. The van der Waals surface area contributed by atoms with Gasteiger partial charge in [-0.2, -0.15) is 0 Å². The van der Waals surface area contributed by atoms with Gasteiger partial charge in [-0.3, -0.25) is 0 Å². The van der Waals surface area contributed by atoms with Crippen LogP contribution in [0.1, 0.15) is 23.9 Å². The maximum absolute atomic E-state index is 5.92. The number of hydrogen-bond acceptors (Lipinski definition) is 3. The van der Waals surface area contributed by atoms with Crippen molar-refractivity contribution in [3.05, 3.63) is 54.2 Å². The summed E-state index contributed by atoms with van der Waals surface area (Å²) in [4.78, 5) is 7.80. The van der Waals surface area contributed by atoms with Crippen LogP contribution in [0.15, 0.2) is 42.9 Å². The van der Waals surface area contributed by atoms with Crippen LogP contribution in [0.5, 0.6) is 0 Å². The zero-order chi connectivity index (χ0) is 16.4. The average molecular weight is 324 g/mol. The van der Waals surface area contributed by atoms with Crippen LogP contribution in [0.25, 0.3) is 10.9 Å². The molecule has 2 N–H and O–H groups in total. The van der Waals surface area contributed by atoms with E-state index in [0.717, 1.165) is 38.4 Å². The summed E-state index contributed by atoms with van der Waals surface area (Å²) >= 11 is 0. The Labute approximate surface area is 142 Å². The molecular formula is C19H24N4O. The number of para-hydroxylation sites is 1. The van der Waals surface area contributed by atoms with E-state index in [9.17, 15) is 0 Å². The van der Waals surface area contributed by atoms with Crippen LogP contribution in [0, 0.1) is 5.92 Å². The lowest BCUT2D eigenvalue weighted by Gasteiger charge is -2.18. The predicted octanol–water partition coefficient (Wildman–Crippen LogP) is 2.81. The first-order valence-corrected chi connectivity index (χ1v) is 8.67.